The van der Waals surface area contributed by atoms with Gasteiger partial charge in [-0.15, -0.1) is 0 Å². The Morgan fingerprint density at radius 3 is 2.61 bits per heavy atom. The molecule has 1 aromatic carbocycles. The number of aromatic hydroxyl groups is 1. The highest BCUT2D eigenvalue weighted by atomic mass is 32.2. The number of rotatable bonds is 6. The molecule has 1 aromatic rings. The van der Waals surface area contributed by atoms with Gasteiger partial charge in [0.15, 0.2) is 0 Å². The number of ether oxygens (including phenoxy) is 1. The molecule has 0 atom stereocenters. The van der Waals surface area contributed by atoms with Crippen molar-refractivity contribution < 1.29 is 18.3 Å². The van der Waals surface area contributed by atoms with Gasteiger partial charge in [0.25, 0.3) is 0 Å². The molecule has 0 aromatic heterocycles. The first-order chi connectivity index (χ1) is 8.34. The minimum Gasteiger partial charge on any atom is -0.508 e. The standard InChI is InChI=1S/C12H19NO4S/c1-10(2)17-8-7-13(3)18(15,16)12-6-4-5-11(14)9-12/h4-6,9-10,14H,7-8H2,1-3H3. The molecule has 102 valence electrons. The van der Waals surface area contributed by atoms with E-state index in [1.807, 2.05) is 13.8 Å². The van der Waals surface area contributed by atoms with Gasteiger partial charge in [0, 0.05) is 13.6 Å². The predicted octanol–water partition coefficient (Wildman–Crippen LogP) is 1.44. The molecular weight excluding hydrogens is 254 g/mol. The molecule has 0 fully saturated rings. The summed E-state index contributed by atoms with van der Waals surface area (Å²) in [7, 11) is -2.08. The van der Waals surface area contributed by atoms with Crippen LogP contribution in [0.15, 0.2) is 29.2 Å². The van der Waals surface area contributed by atoms with Gasteiger partial charge in [0.05, 0.1) is 17.6 Å². The van der Waals surface area contributed by atoms with Gasteiger partial charge in [-0.3, -0.25) is 0 Å². The van der Waals surface area contributed by atoms with E-state index < -0.39 is 10.0 Å². The molecule has 0 aliphatic carbocycles. The lowest BCUT2D eigenvalue weighted by Gasteiger charge is -2.18. The molecule has 0 amide bonds. The Labute approximate surface area is 108 Å². The fourth-order valence-electron chi connectivity index (χ4n) is 1.36. The first-order valence-corrected chi connectivity index (χ1v) is 7.15. The molecule has 18 heavy (non-hydrogen) atoms. The molecule has 0 unspecified atom stereocenters. The van der Waals surface area contributed by atoms with Crippen LogP contribution in [0.3, 0.4) is 0 Å². The summed E-state index contributed by atoms with van der Waals surface area (Å²) in [5.41, 5.74) is 0. The topological polar surface area (TPSA) is 66.8 Å². The Bertz CT molecular complexity index is 485. The monoisotopic (exact) mass is 273 g/mol. The van der Waals surface area contributed by atoms with Gasteiger partial charge in [-0.25, -0.2) is 8.42 Å². The van der Waals surface area contributed by atoms with Crippen LogP contribution >= 0.6 is 0 Å². The number of hydrogen-bond donors (Lipinski definition) is 1. The number of nitrogens with zero attached hydrogens (tertiary/aromatic N) is 1. The Kier molecular flexibility index (Phi) is 5.13. The Morgan fingerprint density at radius 1 is 1.39 bits per heavy atom. The fourth-order valence-corrected chi connectivity index (χ4v) is 2.56. The number of hydrogen-bond acceptors (Lipinski definition) is 4. The summed E-state index contributed by atoms with van der Waals surface area (Å²) in [6.45, 7) is 4.40. The molecule has 0 aliphatic rings. The zero-order valence-electron chi connectivity index (χ0n) is 10.8. The molecule has 1 N–H and O–H groups in total. The van der Waals surface area contributed by atoms with Crippen molar-refractivity contribution in [2.24, 2.45) is 0 Å². The summed E-state index contributed by atoms with van der Waals surface area (Å²) >= 11 is 0. The van der Waals surface area contributed by atoms with Crippen LogP contribution in [0.25, 0.3) is 0 Å². The number of sulfonamides is 1. The summed E-state index contributed by atoms with van der Waals surface area (Å²) in [6, 6.07) is 5.62. The summed E-state index contributed by atoms with van der Waals surface area (Å²) in [5, 5.41) is 9.30. The minimum absolute atomic E-state index is 0.0668. The van der Waals surface area contributed by atoms with Crippen molar-refractivity contribution in [3.8, 4) is 5.75 Å². The third-order valence-electron chi connectivity index (χ3n) is 2.38. The normalized spacial score (nSPS) is 12.3. The molecule has 0 saturated carbocycles. The Balaban J connectivity index is 2.74. The van der Waals surface area contributed by atoms with Crippen LogP contribution in [0.1, 0.15) is 13.8 Å². The highest BCUT2D eigenvalue weighted by Crippen LogP contribution is 2.18. The maximum Gasteiger partial charge on any atom is 0.243 e. The van der Waals surface area contributed by atoms with E-state index in [9.17, 15) is 13.5 Å². The fraction of sp³-hybridized carbons (Fsp3) is 0.500. The van der Waals surface area contributed by atoms with Crippen molar-refractivity contribution in [3.05, 3.63) is 24.3 Å². The van der Waals surface area contributed by atoms with Gasteiger partial charge >= 0.3 is 0 Å². The largest absolute Gasteiger partial charge is 0.508 e. The van der Waals surface area contributed by atoms with Gasteiger partial charge in [-0.05, 0) is 32.0 Å². The van der Waals surface area contributed by atoms with Crippen LogP contribution in [-0.4, -0.2) is 44.1 Å². The lowest BCUT2D eigenvalue weighted by atomic mass is 10.3. The average molecular weight is 273 g/mol. The smallest absolute Gasteiger partial charge is 0.243 e. The van der Waals surface area contributed by atoms with Crippen molar-refractivity contribution in [3.63, 3.8) is 0 Å². The van der Waals surface area contributed by atoms with Gasteiger partial charge in [0.2, 0.25) is 10.0 Å². The van der Waals surface area contributed by atoms with E-state index in [1.165, 1.54) is 35.6 Å². The first kappa shape index (κ1) is 14.9. The molecule has 0 saturated heterocycles. The van der Waals surface area contributed by atoms with Gasteiger partial charge in [-0.1, -0.05) is 6.07 Å². The van der Waals surface area contributed by atoms with Crippen molar-refractivity contribution in [1.29, 1.82) is 0 Å². The van der Waals surface area contributed by atoms with E-state index in [0.717, 1.165) is 0 Å². The number of phenolic OH excluding ortho intramolecular Hbond substituents is 1. The molecule has 0 radical (unpaired) electrons. The third kappa shape index (κ3) is 3.97. The van der Waals surface area contributed by atoms with Gasteiger partial charge in [-0.2, -0.15) is 4.31 Å². The Morgan fingerprint density at radius 2 is 2.06 bits per heavy atom. The molecular formula is C12H19NO4S. The maximum absolute atomic E-state index is 12.1. The second-order valence-corrected chi connectivity index (χ2v) is 6.29. The molecule has 0 spiro atoms. The summed E-state index contributed by atoms with van der Waals surface area (Å²) in [6.07, 6.45) is 0.0712. The van der Waals surface area contributed by atoms with Crippen LogP contribution in [0.2, 0.25) is 0 Å². The maximum atomic E-state index is 12.1. The van der Waals surface area contributed by atoms with Crippen molar-refractivity contribution >= 4 is 10.0 Å². The number of phenols is 1. The zero-order valence-corrected chi connectivity index (χ0v) is 11.6. The second kappa shape index (κ2) is 6.17. The summed E-state index contributed by atoms with van der Waals surface area (Å²) in [5.74, 6) is -0.0668. The zero-order chi connectivity index (χ0) is 13.8. The van der Waals surface area contributed by atoms with Crippen LogP contribution in [0, 0.1) is 0 Å². The van der Waals surface area contributed by atoms with Crippen LogP contribution < -0.4 is 0 Å². The highest BCUT2D eigenvalue weighted by Gasteiger charge is 2.20. The molecule has 1 rings (SSSR count). The predicted molar refractivity (Wildman–Crippen MR) is 69.0 cm³/mol. The van der Waals surface area contributed by atoms with Crippen LogP contribution in [0.4, 0.5) is 0 Å². The van der Waals surface area contributed by atoms with E-state index >= 15 is 0 Å². The van der Waals surface area contributed by atoms with E-state index in [4.69, 9.17) is 4.74 Å². The quantitative estimate of drug-likeness (QED) is 0.851. The SMILES string of the molecule is CC(C)OCCN(C)S(=O)(=O)c1cccc(O)c1. The Hall–Kier alpha value is -1.11. The van der Waals surface area contributed by atoms with E-state index in [0.29, 0.717) is 6.61 Å². The minimum atomic E-state index is -3.57. The van der Waals surface area contributed by atoms with Gasteiger partial charge in [0.1, 0.15) is 5.75 Å². The molecule has 0 bridgehead atoms. The third-order valence-corrected chi connectivity index (χ3v) is 4.24. The number of likely N-dealkylation sites (N-methyl/N-ethyl adjacent to an activating group) is 1. The molecule has 5 nitrogen and oxygen atoms in total. The van der Waals surface area contributed by atoms with E-state index in [-0.39, 0.29) is 23.3 Å². The van der Waals surface area contributed by atoms with E-state index in [2.05, 4.69) is 0 Å². The number of benzene rings is 1. The summed E-state index contributed by atoms with van der Waals surface area (Å²) < 4.78 is 30.8. The second-order valence-electron chi connectivity index (χ2n) is 4.24. The van der Waals surface area contributed by atoms with Crippen molar-refractivity contribution in [2.45, 2.75) is 24.8 Å². The lowest BCUT2D eigenvalue weighted by molar-refractivity contribution is 0.0737. The summed E-state index contributed by atoms with van der Waals surface area (Å²) in [4.78, 5) is 0.0783. The van der Waals surface area contributed by atoms with Crippen LogP contribution in [-0.2, 0) is 14.8 Å². The lowest BCUT2D eigenvalue weighted by Crippen LogP contribution is -2.30. The van der Waals surface area contributed by atoms with Crippen molar-refractivity contribution in [1.82, 2.24) is 4.31 Å². The first-order valence-electron chi connectivity index (χ1n) is 5.71. The van der Waals surface area contributed by atoms with Crippen molar-refractivity contribution in [2.75, 3.05) is 20.2 Å². The van der Waals surface area contributed by atoms with Gasteiger partial charge < -0.3 is 9.84 Å². The molecule has 0 aliphatic heterocycles. The van der Waals surface area contributed by atoms with Crippen LogP contribution in [0.5, 0.6) is 5.75 Å². The average Bonchev–Trinajstić information content (AvgIpc) is 2.28. The highest BCUT2D eigenvalue weighted by molar-refractivity contribution is 7.89. The molecule has 0 heterocycles. The molecule has 6 heteroatoms. The van der Waals surface area contributed by atoms with E-state index in [1.54, 1.807) is 0 Å².